The summed E-state index contributed by atoms with van der Waals surface area (Å²) in [6.07, 6.45) is 1.11. The smallest absolute Gasteiger partial charge is 0.276 e. The van der Waals surface area contributed by atoms with E-state index in [2.05, 4.69) is 10.3 Å². The molecule has 0 spiro atoms. The van der Waals surface area contributed by atoms with Crippen molar-refractivity contribution in [2.45, 2.75) is 33.2 Å². The van der Waals surface area contributed by atoms with Gasteiger partial charge in [-0.2, -0.15) is 0 Å². The first-order valence-corrected chi connectivity index (χ1v) is 9.75. The number of ether oxygens (including phenoxy) is 2. The third kappa shape index (κ3) is 7.19. The Morgan fingerprint density at radius 1 is 1.17 bits per heavy atom. The van der Waals surface area contributed by atoms with E-state index in [4.69, 9.17) is 9.47 Å². The highest BCUT2D eigenvalue weighted by molar-refractivity contribution is 5.91. The van der Waals surface area contributed by atoms with E-state index in [-0.39, 0.29) is 24.0 Å². The van der Waals surface area contributed by atoms with Gasteiger partial charge in [-0.1, -0.05) is 23.4 Å². The Labute approximate surface area is 171 Å². The molecule has 9 heteroatoms. The Morgan fingerprint density at radius 3 is 2.48 bits per heavy atom. The van der Waals surface area contributed by atoms with Crippen molar-refractivity contribution in [3.8, 4) is 0 Å². The summed E-state index contributed by atoms with van der Waals surface area (Å²) in [4.78, 5) is 16.6. The average Bonchev–Trinajstić information content (AvgIpc) is 3.14. The number of hydrogen-bond donors (Lipinski definition) is 0. The number of rotatable bonds is 12. The number of carbonyl (C=O) groups is 1. The highest BCUT2D eigenvalue weighted by atomic mass is 19.1. The Hall–Kier alpha value is -2.36. The summed E-state index contributed by atoms with van der Waals surface area (Å²) < 4.78 is 26.6. The second-order valence-corrected chi connectivity index (χ2v) is 6.79. The zero-order chi connectivity index (χ0) is 21.2. The number of halogens is 1. The lowest BCUT2D eigenvalue weighted by molar-refractivity contribution is -0.145. The predicted octanol–water partition coefficient (Wildman–Crippen LogP) is 2.02. The number of amides is 1. The van der Waals surface area contributed by atoms with Gasteiger partial charge >= 0.3 is 0 Å². The van der Waals surface area contributed by atoms with Gasteiger partial charge in [-0.05, 0) is 34.0 Å². The Balaban J connectivity index is 2.13. The summed E-state index contributed by atoms with van der Waals surface area (Å²) in [5, 5.41) is 8.02. The maximum absolute atomic E-state index is 14.1. The number of aromatic nitrogens is 3. The van der Waals surface area contributed by atoms with Crippen LogP contribution in [0.4, 0.5) is 4.39 Å². The predicted molar refractivity (Wildman–Crippen MR) is 107 cm³/mol. The molecular weight excluding hydrogens is 377 g/mol. The van der Waals surface area contributed by atoms with Crippen LogP contribution in [0.1, 0.15) is 29.9 Å². The first kappa shape index (κ1) is 22.9. The van der Waals surface area contributed by atoms with Crippen molar-refractivity contribution in [2.24, 2.45) is 0 Å². The molecule has 0 N–H and O–H groups in total. The van der Waals surface area contributed by atoms with Crippen LogP contribution in [0.3, 0.4) is 0 Å². The molecule has 1 aromatic carbocycles. The van der Waals surface area contributed by atoms with E-state index in [1.807, 2.05) is 32.8 Å². The summed E-state index contributed by atoms with van der Waals surface area (Å²) in [5.41, 5.74) is 0.659. The third-order valence-corrected chi connectivity index (χ3v) is 4.22. The van der Waals surface area contributed by atoms with Crippen LogP contribution in [0.2, 0.25) is 0 Å². The van der Waals surface area contributed by atoms with Crippen LogP contribution in [0.25, 0.3) is 0 Å². The summed E-state index contributed by atoms with van der Waals surface area (Å²) in [6, 6.07) is 6.45. The lowest BCUT2D eigenvalue weighted by atomic mass is 10.2. The fourth-order valence-electron chi connectivity index (χ4n) is 2.73. The maximum atomic E-state index is 14.1. The van der Waals surface area contributed by atoms with Crippen molar-refractivity contribution < 1.29 is 18.7 Å². The normalized spacial score (nSPS) is 11.4. The van der Waals surface area contributed by atoms with Crippen LogP contribution in [0.15, 0.2) is 30.5 Å². The molecule has 0 aliphatic heterocycles. The van der Waals surface area contributed by atoms with Gasteiger partial charge < -0.3 is 19.3 Å². The van der Waals surface area contributed by atoms with Gasteiger partial charge in [0.05, 0.1) is 12.7 Å². The molecule has 1 heterocycles. The molecular formula is C20H30FN5O3. The van der Waals surface area contributed by atoms with Gasteiger partial charge in [0, 0.05) is 38.4 Å². The molecule has 0 bridgehead atoms. The molecule has 0 aliphatic carbocycles. The van der Waals surface area contributed by atoms with Gasteiger partial charge in [-0.25, -0.2) is 9.07 Å². The monoisotopic (exact) mass is 407 g/mol. The molecule has 0 atom stereocenters. The molecule has 8 nitrogen and oxygen atoms in total. The molecule has 1 amide bonds. The molecule has 2 rings (SSSR count). The largest absolute Gasteiger partial charge is 0.351 e. The highest BCUT2D eigenvalue weighted by Crippen LogP contribution is 2.12. The average molecular weight is 407 g/mol. The molecule has 0 saturated heterocycles. The lowest BCUT2D eigenvalue weighted by Gasteiger charge is -2.24. The van der Waals surface area contributed by atoms with Crippen LogP contribution >= 0.6 is 0 Å². The number of hydrogen-bond acceptors (Lipinski definition) is 6. The molecule has 0 aliphatic rings. The van der Waals surface area contributed by atoms with Gasteiger partial charge in [0.25, 0.3) is 5.91 Å². The van der Waals surface area contributed by atoms with E-state index >= 15 is 0 Å². The van der Waals surface area contributed by atoms with Crippen molar-refractivity contribution in [3.05, 3.63) is 47.5 Å². The topological polar surface area (TPSA) is 72.7 Å². The molecule has 0 saturated carbocycles. The molecule has 2 aromatic rings. The van der Waals surface area contributed by atoms with Crippen LogP contribution in [-0.4, -0.2) is 77.4 Å². The van der Waals surface area contributed by atoms with E-state index in [0.717, 1.165) is 0 Å². The maximum Gasteiger partial charge on any atom is 0.276 e. The number of carbonyl (C=O) groups excluding carboxylic acids is 1. The standard InChI is InChI=1S/C20H30FN5O3/c1-5-28-19(29-6-2)15-26-14-18(22-23-26)20(27)25(12-11-24(3)4)13-16-9-7-8-10-17(16)21/h7-10,14,19H,5-6,11-13,15H2,1-4H3. The Bertz CT molecular complexity index is 762. The molecule has 1 aromatic heterocycles. The number of benzene rings is 1. The zero-order valence-electron chi connectivity index (χ0n) is 17.5. The fourth-order valence-corrected chi connectivity index (χ4v) is 2.73. The second-order valence-electron chi connectivity index (χ2n) is 6.79. The summed E-state index contributed by atoms with van der Waals surface area (Å²) in [6.45, 7) is 6.35. The summed E-state index contributed by atoms with van der Waals surface area (Å²) in [5.74, 6) is -0.638. The summed E-state index contributed by atoms with van der Waals surface area (Å²) >= 11 is 0. The fraction of sp³-hybridized carbons (Fsp3) is 0.550. The van der Waals surface area contributed by atoms with Crippen molar-refractivity contribution in [1.29, 1.82) is 0 Å². The Morgan fingerprint density at radius 2 is 1.86 bits per heavy atom. The molecule has 29 heavy (non-hydrogen) atoms. The highest BCUT2D eigenvalue weighted by Gasteiger charge is 2.21. The van der Waals surface area contributed by atoms with Gasteiger partial charge in [-0.3, -0.25) is 4.79 Å². The van der Waals surface area contributed by atoms with Gasteiger partial charge in [0.1, 0.15) is 5.82 Å². The van der Waals surface area contributed by atoms with Gasteiger partial charge in [0.2, 0.25) is 0 Å². The minimum Gasteiger partial charge on any atom is -0.351 e. The van der Waals surface area contributed by atoms with Crippen molar-refractivity contribution in [2.75, 3.05) is 40.4 Å². The SMILES string of the molecule is CCOC(Cn1cc(C(=O)N(CCN(C)C)Cc2ccccc2F)nn1)OCC. The minimum absolute atomic E-state index is 0.159. The van der Waals surface area contributed by atoms with E-state index < -0.39 is 6.29 Å². The van der Waals surface area contributed by atoms with Crippen molar-refractivity contribution in [1.82, 2.24) is 24.8 Å². The van der Waals surface area contributed by atoms with E-state index in [1.54, 1.807) is 29.3 Å². The first-order chi connectivity index (χ1) is 13.9. The van der Waals surface area contributed by atoms with E-state index in [1.165, 1.54) is 10.7 Å². The van der Waals surface area contributed by atoms with E-state index in [9.17, 15) is 9.18 Å². The molecule has 0 unspecified atom stereocenters. The van der Waals surface area contributed by atoms with Crippen LogP contribution < -0.4 is 0 Å². The lowest BCUT2D eigenvalue weighted by Crippen LogP contribution is -2.36. The second kappa shape index (κ2) is 11.6. The minimum atomic E-state index is -0.460. The first-order valence-electron chi connectivity index (χ1n) is 9.75. The van der Waals surface area contributed by atoms with Crippen molar-refractivity contribution in [3.63, 3.8) is 0 Å². The number of nitrogens with zero attached hydrogens (tertiary/aromatic N) is 5. The van der Waals surface area contributed by atoms with Crippen molar-refractivity contribution >= 4 is 5.91 Å². The molecule has 0 radical (unpaired) electrons. The summed E-state index contributed by atoms with van der Waals surface area (Å²) in [7, 11) is 3.84. The molecule has 0 fully saturated rings. The number of likely N-dealkylation sites (N-methyl/N-ethyl adjacent to an activating group) is 1. The Kier molecular flexibility index (Phi) is 9.17. The van der Waals surface area contributed by atoms with Crippen LogP contribution in [-0.2, 0) is 22.6 Å². The van der Waals surface area contributed by atoms with E-state index in [0.29, 0.717) is 38.4 Å². The molecule has 160 valence electrons. The van der Waals surface area contributed by atoms with Crippen LogP contribution in [0.5, 0.6) is 0 Å². The quantitative estimate of drug-likeness (QED) is 0.501. The third-order valence-electron chi connectivity index (χ3n) is 4.22. The zero-order valence-corrected chi connectivity index (χ0v) is 17.5. The van der Waals surface area contributed by atoms with Crippen LogP contribution in [0, 0.1) is 5.82 Å². The van der Waals surface area contributed by atoms with Gasteiger partial charge in [-0.15, -0.1) is 5.10 Å². The van der Waals surface area contributed by atoms with Gasteiger partial charge in [0.15, 0.2) is 12.0 Å².